The molecule has 0 aromatic rings. The normalized spacial score (nSPS) is 19.8. The van der Waals surface area contributed by atoms with Crippen LogP contribution in [0.15, 0.2) is 0 Å². The molecule has 0 atom stereocenters. The molecule has 0 spiro atoms. The van der Waals surface area contributed by atoms with Crippen molar-refractivity contribution in [3.63, 3.8) is 0 Å². The summed E-state index contributed by atoms with van der Waals surface area (Å²) in [5.74, 6) is 0. The first-order valence-corrected chi connectivity index (χ1v) is 7.11. The smallest absolute Gasteiger partial charge is 0.0589 e. The molecule has 0 bridgehead atoms. The van der Waals surface area contributed by atoms with Crippen molar-refractivity contribution in [2.45, 2.75) is 39.0 Å². The highest BCUT2D eigenvalue weighted by atomic mass is 16.5. The van der Waals surface area contributed by atoms with E-state index in [4.69, 9.17) is 4.74 Å². The van der Waals surface area contributed by atoms with E-state index in [1.807, 2.05) is 0 Å². The Morgan fingerprint density at radius 2 is 1.94 bits per heavy atom. The molecule has 1 N–H and O–H groups in total. The van der Waals surface area contributed by atoms with Gasteiger partial charge in [-0.05, 0) is 31.8 Å². The van der Waals surface area contributed by atoms with E-state index in [0.29, 0.717) is 5.41 Å². The molecule has 1 aliphatic rings. The first kappa shape index (κ1) is 14.9. The monoisotopic (exact) mass is 242 g/mol. The molecule has 0 amide bonds. The number of hydrogen-bond acceptors (Lipinski definition) is 3. The van der Waals surface area contributed by atoms with Gasteiger partial charge in [0.15, 0.2) is 0 Å². The summed E-state index contributed by atoms with van der Waals surface area (Å²) in [5.41, 5.74) is 0.511. The standard InChI is InChI=1S/C14H30N2O/c1-4-15-12-14(8-6-5-7-9-14)13-16(2)10-11-17-3/h15H,4-13H2,1-3H3. The maximum absolute atomic E-state index is 5.16. The lowest BCUT2D eigenvalue weighted by atomic mass is 9.73. The Labute approximate surface area is 107 Å². The predicted octanol–water partition coefficient (Wildman–Crippen LogP) is 2.12. The molecule has 0 aliphatic heterocycles. The number of rotatable bonds is 8. The van der Waals surface area contributed by atoms with Crippen LogP contribution in [-0.2, 0) is 4.74 Å². The third kappa shape index (κ3) is 5.36. The fourth-order valence-corrected chi connectivity index (χ4v) is 2.98. The van der Waals surface area contributed by atoms with Gasteiger partial charge in [0.1, 0.15) is 0 Å². The van der Waals surface area contributed by atoms with Gasteiger partial charge < -0.3 is 15.0 Å². The molecule has 1 aliphatic carbocycles. The number of hydrogen-bond donors (Lipinski definition) is 1. The third-order valence-corrected chi connectivity index (χ3v) is 3.95. The Kier molecular flexibility index (Phi) is 7.09. The Morgan fingerprint density at radius 1 is 1.24 bits per heavy atom. The molecular formula is C14H30N2O. The number of likely N-dealkylation sites (N-methyl/N-ethyl adjacent to an activating group) is 1. The zero-order valence-electron chi connectivity index (χ0n) is 11.9. The van der Waals surface area contributed by atoms with Crippen LogP contribution >= 0.6 is 0 Å². The van der Waals surface area contributed by atoms with Crippen molar-refractivity contribution in [2.75, 3.05) is 46.9 Å². The molecule has 1 rings (SSSR count). The Hall–Kier alpha value is -0.120. The van der Waals surface area contributed by atoms with Crippen LogP contribution in [0.2, 0.25) is 0 Å². The van der Waals surface area contributed by atoms with Crippen molar-refractivity contribution < 1.29 is 4.74 Å². The second-order valence-electron chi connectivity index (χ2n) is 5.57. The van der Waals surface area contributed by atoms with E-state index in [1.165, 1.54) is 45.2 Å². The Bertz CT molecular complexity index is 191. The van der Waals surface area contributed by atoms with Crippen molar-refractivity contribution in [2.24, 2.45) is 5.41 Å². The minimum atomic E-state index is 0.511. The molecule has 1 fully saturated rings. The summed E-state index contributed by atoms with van der Waals surface area (Å²) in [4.78, 5) is 2.44. The summed E-state index contributed by atoms with van der Waals surface area (Å²) in [6, 6.07) is 0. The van der Waals surface area contributed by atoms with E-state index < -0.39 is 0 Å². The summed E-state index contributed by atoms with van der Waals surface area (Å²) in [6.45, 7) is 7.57. The van der Waals surface area contributed by atoms with Crippen LogP contribution in [0.5, 0.6) is 0 Å². The molecule has 3 heteroatoms. The van der Waals surface area contributed by atoms with Crippen LogP contribution in [0.4, 0.5) is 0 Å². The number of nitrogens with one attached hydrogen (secondary N) is 1. The van der Waals surface area contributed by atoms with Gasteiger partial charge in [-0.3, -0.25) is 0 Å². The van der Waals surface area contributed by atoms with E-state index in [1.54, 1.807) is 7.11 Å². The molecule has 0 aromatic heterocycles. The lowest BCUT2D eigenvalue weighted by Crippen LogP contribution is -2.45. The van der Waals surface area contributed by atoms with Crippen LogP contribution in [0.25, 0.3) is 0 Å². The zero-order valence-corrected chi connectivity index (χ0v) is 11.9. The average molecular weight is 242 g/mol. The fraction of sp³-hybridized carbons (Fsp3) is 1.00. The van der Waals surface area contributed by atoms with Gasteiger partial charge in [0, 0.05) is 26.7 Å². The lowest BCUT2D eigenvalue weighted by Gasteiger charge is -2.40. The van der Waals surface area contributed by atoms with Crippen LogP contribution in [0.3, 0.4) is 0 Å². The molecule has 0 heterocycles. The maximum atomic E-state index is 5.16. The zero-order chi connectivity index (χ0) is 12.6. The van der Waals surface area contributed by atoms with Gasteiger partial charge in [-0.15, -0.1) is 0 Å². The van der Waals surface area contributed by atoms with E-state index >= 15 is 0 Å². The highest BCUT2D eigenvalue weighted by Crippen LogP contribution is 2.36. The van der Waals surface area contributed by atoms with Crippen molar-refractivity contribution in [1.29, 1.82) is 0 Å². The number of methoxy groups -OCH3 is 1. The SMILES string of the molecule is CCNCC1(CN(C)CCOC)CCCCC1. The van der Waals surface area contributed by atoms with Crippen LogP contribution < -0.4 is 5.32 Å². The second-order valence-corrected chi connectivity index (χ2v) is 5.57. The van der Waals surface area contributed by atoms with Gasteiger partial charge in [0.05, 0.1) is 6.61 Å². The predicted molar refractivity (Wildman–Crippen MR) is 73.4 cm³/mol. The van der Waals surface area contributed by atoms with Gasteiger partial charge in [0.25, 0.3) is 0 Å². The van der Waals surface area contributed by atoms with Gasteiger partial charge in [-0.25, -0.2) is 0 Å². The molecular weight excluding hydrogens is 212 g/mol. The minimum Gasteiger partial charge on any atom is -0.383 e. The summed E-state index contributed by atoms with van der Waals surface area (Å²) in [6.07, 6.45) is 7.01. The van der Waals surface area contributed by atoms with E-state index in [-0.39, 0.29) is 0 Å². The molecule has 0 radical (unpaired) electrons. The fourth-order valence-electron chi connectivity index (χ4n) is 2.98. The number of ether oxygens (including phenoxy) is 1. The number of nitrogens with zero attached hydrogens (tertiary/aromatic N) is 1. The van der Waals surface area contributed by atoms with E-state index in [0.717, 1.165) is 19.7 Å². The van der Waals surface area contributed by atoms with Crippen LogP contribution in [0, 0.1) is 5.41 Å². The molecule has 102 valence electrons. The Morgan fingerprint density at radius 3 is 2.53 bits per heavy atom. The van der Waals surface area contributed by atoms with Crippen molar-refractivity contribution >= 4 is 0 Å². The maximum Gasteiger partial charge on any atom is 0.0589 e. The summed E-state index contributed by atoms with van der Waals surface area (Å²) in [7, 11) is 4.00. The van der Waals surface area contributed by atoms with Gasteiger partial charge in [-0.1, -0.05) is 26.2 Å². The van der Waals surface area contributed by atoms with Crippen LogP contribution in [0.1, 0.15) is 39.0 Å². The first-order chi connectivity index (χ1) is 8.22. The van der Waals surface area contributed by atoms with Gasteiger partial charge in [0.2, 0.25) is 0 Å². The Balaban J connectivity index is 2.44. The first-order valence-electron chi connectivity index (χ1n) is 7.11. The minimum absolute atomic E-state index is 0.511. The van der Waals surface area contributed by atoms with Gasteiger partial charge >= 0.3 is 0 Å². The van der Waals surface area contributed by atoms with Gasteiger partial charge in [-0.2, -0.15) is 0 Å². The molecule has 3 nitrogen and oxygen atoms in total. The van der Waals surface area contributed by atoms with Crippen LogP contribution in [-0.4, -0.2) is 51.8 Å². The molecule has 1 saturated carbocycles. The van der Waals surface area contributed by atoms with Crippen molar-refractivity contribution in [3.8, 4) is 0 Å². The average Bonchev–Trinajstić information content (AvgIpc) is 2.35. The molecule has 0 saturated heterocycles. The highest BCUT2D eigenvalue weighted by molar-refractivity contribution is 4.87. The summed E-state index contributed by atoms with van der Waals surface area (Å²) in [5, 5.41) is 3.56. The molecule has 0 aromatic carbocycles. The molecule has 0 unspecified atom stereocenters. The topological polar surface area (TPSA) is 24.5 Å². The highest BCUT2D eigenvalue weighted by Gasteiger charge is 2.32. The second kappa shape index (κ2) is 8.06. The van der Waals surface area contributed by atoms with Crippen molar-refractivity contribution in [1.82, 2.24) is 10.2 Å². The third-order valence-electron chi connectivity index (χ3n) is 3.95. The summed E-state index contributed by atoms with van der Waals surface area (Å²) >= 11 is 0. The largest absolute Gasteiger partial charge is 0.383 e. The quantitative estimate of drug-likeness (QED) is 0.705. The molecule has 17 heavy (non-hydrogen) atoms. The summed E-state index contributed by atoms with van der Waals surface area (Å²) < 4.78 is 5.16. The lowest BCUT2D eigenvalue weighted by molar-refractivity contribution is 0.0944. The van der Waals surface area contributed by atoms with E-state index in [2.05, 4.69) is 24.2 Å². The van der Waals surface area contributed by atoms with Crippen molar-refractivity contribution in [3.05, 3.63) is 0 Å². The van der Waals surface area contributed by atoms with E-state index in [9.17, 15) is 0 Å².